The lowest BCUT2D eigenvalue weighted by molar-refractivity contribution is -0.124. The van der Waals surface area contributed by atoms with Crippen molar-refractivity contribution in [1.29, 1.82) is 0 Å². The summed E-state index contributed by atoms with van der Waals surface area (Å²) in [6, 6.07) is 9.62. The Morgan fingerprint density at radius 2 is 1.95 bits per heavy atom. The van der Waals surface area contributed by atoms with E-state index in [4.69, 9.17) is 5.73 Å². The van der Waals surface area contributed by atoms with Crippen LogP contribution in [0.1, 0.15) is 31.7 Å². The van der Waals surface area contributed by atoms with E-state index < -0.39 is 0 Å². The van der Waals surface area contributed by atoms with Gasteiger partial charge in [-0.1, -0.05) is 48.9 Å². The number of rotatable bonds is 5. The Bertz CT molecular complexity index is 452. The van der Waals surface area contributed by atoms with Crippen LogP contribution < -0.4 is 5.73 Å². The number of carbonyl (C=O) groups is 1. The summed E-state index contributed by atoms with van der Waals surface area (Å²) >= 11 is 0. The molecule has 3 atom stereocenters. The summed E-state index contributed by atoms with van der Waals surface area (Å²) in [6.45, 7) is 6.05. The van der Waals surface area contributed by atoms with Gasteiger partial charge in [-0.3, -0.25) is 4.79 Å². The smallest absolute Gasteiger partial charge is 0.153 e. The quantitative estimate of drug-likeness (QED) is 0.824. The lowest BCUT2D eigenvalue weighted by Crippen LogP contribution is -2.38. The summed E-state index contributed by atoms with van der Waals surface area (Å²) in [6.07, 6.45) is 3.81. The van der Waals surface area contributed by atoms with Gasteiger partial charge in [-0.25, -0.2) is 0 Å². The molecule has 3 unspecified atom stereocenters. The van der Waals surface area contributed by atoms with Crippen LogP contribution in [0.2, 0.25) is 0 Å². The molecule has 1 saturated carbocycles. The van der Waals surface area contributed by atoms with Crippen molar-refractivity contribution in [2.75, 3.05) is 0 Å². The number of carbonyl (C=O) groups excluding carboxylic acids is 1. The van der Waals surface area contributed by atoms with E-state index in [1.165, 1.54) is 0 Å². The molecule has 0 spiro atoms. The lowest BCUT2D eigenvalue weighted by atomic mass is 9.83. The van der Waals surface area contributed by atoms with Gasteiger partial charge in [0.2, 0.25) is 0 Å². The van der Waals surface area contributed by atoms with Crippen LogP contribution in [-0.2, 0) is 11.2 Å². The highest BCUT2D eigenvalue weighted by Crippen LogP contribution is 2.37. The van der Waals surface area contributed by atoms with Crippen LogP contribution in [0.4, 0.5) is 0 Å². The van der Waals surface area contributed by atoms with Crippen LogP contribution in [0.15, 0.2) is 42.5 Å². The SMILES string of the molecule is C=C(C)C1CCCC1C(=O)C(N)Cc1ccccc1. The maximum Gasteiger partial charge on any atom is 0.153 e. The maximum atomic E-state index is 12.5. The van der Waals surface area contributed by atoms with Gasteiger partial charge >= 0.3 is 0 Å². The number of nitrogens with two attached hydrogens (primary N) is 1. The highest BCUT2D eigenvalue weighted by molar-refractivity contribution is 5.87. The van der Waals surface area contributed by atoms with Gasteiger partial charge in [0.15, 0.2) is 5.78 Å². The molecule has 1 aliphatic rings. The van der Waals surface area contributed by atoms with E-state index in [0.29, 0.717) is 12.3 Å². The second-order valence-electron chi connectivity index (χ2n) is 5.69. The second-order valence-corrected chi connectivity index (χ2v) is 5.69. The minimum absolute atomic E-state index is 0.0937. The maximum absolute atomic E-state index is 12.5. The molecule has 2 N–H and O–H groups in total. The average Bonchev–Trinajstić information content (AvgIpc) is 2.88. The van der Waals surface area contributed by atoms with Gasteiger partial charge in [-0.05, 0) is 37.7 Å². The highest BCUT2D eigenvalue weighted by atomic mass is 16.1. The van der Waals surface area contributed by atoms with Crippen LogP contribution in [-0.4, -0.2) is 11.8 Å². The zero-order chi connectivity index (χ0) is 13.8. The Hall–Kier alpha value is -1.41. The van der Waals surface area contributed by atoms with Crippen molar-refractivity contribution in [3.05, 3.63) is 48.0 Å². The summed E-state index contributed by atoms with van der Waals surface area (Å²) in [5, 5.41) is 0. The van der Waals surface area contributed by atoms with Crippen molar-refractivity contribution in [2.24, 2.45) is 17.6 Å². The molecule has 0 heterocycles. The van der Waals surface area contributed by atoms with E-state index in [2.05, 4.69) is 6.58 Å². The van der Waals surface area contributed by atoms with E-state index in [-0.39, 0.29) is 17.7 Å². The minimum atomic E-state index is -0.382. The first-order chi connectivity index (χ1) is 9.09. The molecule has 0 radical (unpaired) electrons. The number of ketones is 1. The van der Waals surface area contributed by atoms with Gasteiger partial charge in [0.05, 0.1) is 6.04 Å². The molecule has 1 fully saturated rings. The highest BCUT2D eigenvalue weighted by Gasteiger charge is 2.35. The van der Waals surface area contributed by atoms with Crippen LogP contribution in [0.3, 0.4) is 0 Å². The fraction of sp³-hybridized carbons (Fsp3) is 0.471. The molecule has 1 aromatic rings. The van der Waals surface area contributed by atoms with E-state index in [1.54, 1.807) is 0 Å². The van der Waals surface area contributed by atoms with Crippen molar-refractivity contribution in [2.45, 2.75) is 38.6 Å². The number of hydrogen-bond acceptors (Lipinski definition) is 2. The normalized spacial score (nSPS) is 24.1. The van der Waals surface area contributed by atoms with Gasteiger partial charge in [0.1, 0.15) is 0 Å². The van der Waals surface area contributed by atoms with E-state index >= 15 is 0 Å². The summed E-state index contributed by atoms with van der Waals surface area (Å²) in [4.78, 5) is 12.5. The third-order valence-corrected chi connectivity index (χ3v) is 4.18. The third kappa shape index (κ3) is 3.32. The molecule has 102 valence electrons. The van der Waals surface area contributed by atoms with Crippen LogP contribution in [0.25, 0.3) is 0 Å². The number of benzene rings is 1. The molecule has 0 aliphatic heterocycles. The Kier molecular flexibility index (Phi) is 4.54. The summed E-state index contributed by atoms with van der Waals surface area (Å²) in [5.41, 5.74) is 8.37. The van der Waals surface area contributed by atoms with E-state index in [1.807, 2.05) is 37.3 Å². The van der Waals surface area contributed by atoms with E-state index in [0.717, 1.165) is 30.4 Å². The molecule has 1 aliphatic carbocycles. The number of allylic oxidation sites excluding steroid dienone is 1. The molecule has 2 heteroatoms. The molecule has 19 heavy (non-hydrogen) atoms. The molecular formula is C17H23NO. The molecule has 2 rings (SSSR count). The predicted octanol–water partition coefficient (Wildman–Crippen LogP) is 3.12. The molecule has 0 bridgehead atoms. The molecule has 2 nitrogen and oxygen atoms in total. The van der Waals surface area contributed by atoms with Gasteiger partial charge in [-0.15, -0.1) is 0 Å². The first-order valence-corrected chi connectivity index (χ1v) is 7.08. The van der Waals surface area contributed by atoms with Crippen molar-refractivity contribution in [3.8, 4) is 0 Å². The monoisotopic (exact) mass is 257 g/mol. The predicted molar refractivity (Wildman–Crippen MR) is 78.8 cm³/mol. The summed E-state index contributed by atoms with van der Waals surface area (Å²) in [7, 11) is 0. The molecule has 1 aromatic carbocycles. The van der Waals surface area contributed by atoms with Crippen molar-refractivity contribution < 1.29 is 4.79 Å². The van der Waals surface area contributed by atoms with Crippen molar-refractivity contribution in [3.63, 3.8) is 0 Å². The minimum Gasteiger partial charge on any atom is -0.321 e. The Morgan fingerprint density at radius 1 is 1.32 bits per heavy atom. The Morgan fingerprint density at radius 3 is 2.58 bits per heavy atom. The molecule has 0 amide bonds. The fourth-order valence-corrected chi connectivity index (χ4v) is 3.13. The fourth-order valence-electron chi connectivity index (χ4n) is 3.13. The van der Waals surface area contributed by atoms with Crippen molar-refractivity contribution in [1.82, 2.24) is 0 Å². The molecular weight excluding hydrogens is 234 g/mol. The zero-order valence-electron chi connectivity index (χ0n) is 11.6. The largest absolute Gasteiger partial charge is 0.321 e. The number of hydrogen-bond donors (Lipinski definition) is 1. The topological polar surface area (TPSA) is 43.1 Å². The average molecular weight is 257 g/mol. The van der Waals surface area contributed by atoms with Crippen LogP contribution >= 0.6 is 0 Å². The van der Waals surface area contributed by atoms with E-state index in [9.17, 15) is 4.79 Å². The molecule has 0 saturated heterocycles. The zero-order valence-corrected chi connectivity index (χ0v) is 11.6. The standard InChI is InChI=1S/C17H23NO/c1-12(2)14-9-6-10-15(14)17(19)16(18)11-13-7-4-3-5-8-13/h3-5,7-8,14-16H,1,6,9-11,18H2,2H3. The molecule has 0 aromatic heterocycles. The summed E-state index contributed by atoms with van der Waals surface area (Å²) < 4.78 is 0. The Labute approximate surface area is 115 Å². The first kappa shape index (κ1) is 14.0. The van der Waals surface area contributed by atoms with Crippen LogP contribution in [0.5, 0.6) is 0 Å². The van der Waals surface area contributed by atoms with Gasteiger partial charge in [0, 0.05) is 5.92 Å². The van der Waals surface area contributed by atoms with Gasteiger partial charge in [-0.2, -0.15) is 0 Å². The van der Waals surface area contributed by atoms with Gasteiger partial charge < -0.3 is 5.73 Å². The first-order valence-electron chi connectivity index (χ1n) is 7.08. The summed E-state index contributed by atoms with van der Waals surface area (Å²) in [5.74, 6) is 0.653. The van der Waals surface area contributed by atoms with Crippen LogP contribution in [0, 0.1) is 11.8 Å². The number of Topliss-reactive ketones (excluding diaryl/α,β-unsaturated/α-hetero) is 1. The van der Waals surface area contributed by atoms with Gasteiger partial charge in [0.25, 0.3) is 0 Å². The Balaban J connectivity index is 2.01. The third-order valence-electron chi connectivity index (χ3n) is 4.18. The lowest BCUT2D eigenvalue weighted by Gasteiger charge is -2.22. The van der Waals surface area contributed by atoms with Crippen molar-refractivity contribution >= 4 is 5.78 Å². The second kappa shape index (κ2) is 6.16.